The monoisotopic (exact) mass is 453 g/mol. The van der Waals surface area contributed by atoms with Gasteiger partial charge in [-0.2, -0.15) is 5.26 Å². The SMILES string of the molecule is C[C@H](CN[C@H](c1ccccc1)[C@@H]1CNc2cccc(C#N)c2C1)c1cccc([C@@H](C)C(=O)O)c1. The summed E-state index contributed by atoms with van der Waals surface area (Å²) in [6, 6.07) is 26.7. The predicted octanol–water partition coefficient (Wildman–Crippen LogP) is 5.47. The Labute approximate surface area is 201 Å². The number of fused-ring (bicyclic) bond motifs is 1. The number of carboxylic acid groups (broad SMARTS) is 1. The fourth-order valence-corrected chi connectivity index (χ4v) is 4.80. The Balaban J connectivity index is 1.54. The summed E-state index contributed by atoms with van der Waals surface area (Å²) in [6.07, 6.45) is 0.832. The fraction of sp³-hybridized carbons (Fsp3) is 0.310. The summed E-state index contributed by atoms with van der Waals surface area (Å²) in [4.78, 5) is 11.4. The van der Waals surface area contributed by atoms with Crippen molar-refractivity contribution in [1.29, 1.82) is 5.26 Å². The first-order chi connectivity index (χ1) is 16.5. The average Bonchev–Trinajstić information content (AvgIpc) is 2.88. The molecule has 0 fully saturated rings. The highest BCUT2D eigenvalue weighted by atomic mass is 16.4. The van der Waals surface area contributed by atoms with Gasteiger partial charge in [-0.3, -0.25) is 4.79 Å². The fourth-order valence-electron chi connectivity index (χ4n) is 4.80. The largest absolute Gasteiger partial charge is 0.481 e. The molecule has 0 saturated carbocycles. The van der Waals surface area contributed by atoms with E-state index in [9.17, 15) is 15.2 Å². The molecule has 1 heterocycles. The van der Waals surface area contributed by atoms with Crippen LogP contribution in [0.1, 0.15) is 59.5 Å². The molecule has 0 amide bonds. The molecular formula is C29H31N3O2. The van der Waals surface area contributed by atoms with Crippen LogP contribution in [0.2, 0.25) is 0 Å². The Morgan fingerprint density at radius 3 is 2.50 bits per heavy atom. The highest BCUT2D eigenvalue weighted by Crippen LogP contribution is 2.34. The number of anilines is 1. The van der Waals surface area contributed by atoms with Gasteiger partial charge < -0.3 is 15.7 Å². The molecule has 5 nitrogen and oxygen atoms in total. The highest BCUT2D eigenvalue weighted by Gasteiger charge is 2.29. The third-order valence-electron chi connectivity index (χ3n) is 6.94. The molecule has 4 atom stereocenters. The number of nitriles is 1. The van der Waals surface area contributed by atoms with Gasteiger partial charge in [0.2, 0.25) is 0 Å². The van der Waals surface area contributed by atoms with Crippen molar-refractivity contribution in [3.63, 3.8) is 0 Å². The lowest BCUT2D eigenvalue weighted by atomic mass is 9.83. The Bertz CT molecular complexity index is 1190. The number of nitrogens with zero attached hydrogens (tertiary/aromatic N) is 1. The summed E-state index contributed by atoms with van der Waals surface area (Å²) in [6.45, 7) is 5.48. The number of benzene rings is 3. The van der Waals surface area contributed by atoms with Crippen molar-refractivity contribution >= 4 is 11.7 Å². The van der Waals surface area contributed by atoms with E-state index in [1.165, 1.54) is 5.56 Å². The van der Waals surface area contributed by atoms with E-state index in [0.717, 1.165) is 47.5 Å². The van der Waals surface area contributed by atoms with Gasteiger partial charge in [-0.05, 0) is 59.6 Å². The molecule has 0 radical (unpaired) electrons. The quantitative estimate of drug-likeness (QED) is 0.421. The van der Waals surface area contributed by atoms with E-state index in [-0.39, 0.29) is 17.9 Å². The highest BCUT2D eigenvalue weighted by molar-refractivity contribution is 5.75. The van der Waals surface area contributed by atoms with Gasteiger partial charge in [-0.15, -0.1) is 0 Å². The van der Waals surface area contributed by atoms with Crippen LogP contribution < -0.4 is 10.6 Å². The zero-order valence-electron chi connectivity index (χ0n) is 19.7. The maximum absolute atomic E-state index is 11.4. The molecule has 5 heteroatoms. The van der Waals surface area contributed by atoms with Crippen LogP contribution in [-0.2, 0) is 11.2 Å². The molecule has 3 aromatic carbocycles. The van der Waals surface area contributed by atoms with Crippen molar-refractivity contribution in [1.82, 2.24) is 5.32 Å². The second kappa shape index (κ2) is 10.5. The summed E-state index contributed by atoms with van der Waals surface area (Å²) in [5.41, 5.74) is 6.07. The van der Waals surface area contributed by atoms with Gasteiger partial charge in [0, 0.05) is 24.8 Å². The van der Waals surface area contributed by atoms with Gasteiger partial charge in [0.25, 0.3) is 0 Å². The molecule has 0 aliphatic carbocycles. The van der Waals surface area contributed by atoms with E-state index in [1.54, 1.807) is 6.92 Å². The first-order valence-corrected chi connectivity index (χ1v) is 11.8. The number of carboxylic acids is 1. The topological polar surface area (TPSA) is 85.1 Å². The van der Waals surface area contributed by atoms with E-state index < -0.39 is 11.9 Å². The van der Waals surface area contributed by atoms with Crippen LogP contribution >= 0.6 is 0 Å². The third kappa shape index (κ3) is 5.13. The van der Waals surface area contributed by atoms with Crippen molar-refractivity contribution in [3.8, 4) is 6.07 Å². The summed E-state index contributed by atoms with van der Waals surface area (Å²) in [7, 11) is 0. The minimum atomic E-state index is -0.811. The predicted molar refractivity (Wildman–Crippen MR) is 135 cm³/mol. The number of hydrogen-bond donors (Lipinski definition) is 3. The number of carbonyl (C=O) groups is 1. The van der Waals surface area contributed by atoms with Crippen LogP contribution in [0, 0.1) is 17.2 Å². The third-order valence-corrected chi connectivity index (χ3v) is 6.94. The molecule has 34 heavy (non-hydrogen) atoms. The van der Waals surface area contributed by atoms with Crippen LogP contribution in [0.3, 0.4) is 0 Å². The van der Waals surface area contributed by atoms with Crippen LogP contribution in [0.4, 0.5) is 5.69 Å². The molecular weight excluding hydrogens is 422 g/mol. The van der Waals surface area contributed by atoms with Crippen molar-refractivity contribution in [2.75, 3.05) is 18.4 Å². The number of nitrogens with one attached hydrogen (secondary N) is 2. The van der Waals surface area contributed by atoms with Crippen LogP contribution in [0.25, 0.3) is 0 Å². The second-order valence-electron chi connectivity index (χ2n) is 9.22. The Hall–Kier alpha value is -3.62. The van der Waals surface area contributed by atoms with Gasteiger partial charge in [0.1, 0.15) is 0 Å². The summed E-state index contributed by atoms with van der Waals surface area (Å²) >= 11 is 0. The zero-order valence-corrected chi connectivity index (χ0v) is 19.7. The van der Waals surface area contributed by atoms with E-state index in [4.69, 9.17) is 0 Å². The lowest BCUT2D eigenvalue weighted by Crippen LogP contribution is -2.37. The van der Waals surface area contributed by atoms with E-state index >= 15 is 0 Å². The van der Waals surface area contributed by atoms with Gasteiger partial charge >= 0.3 is 5.97 Å². The average molecular weight is 454 g/mol. The lowest BCUT2D eigenvalue weighted by molar-refractivity contribution is -0.138. The molecule has 1 aliphatic heterocycles. The molecule has 174 valence electrons. The maximum Gasteiger partial charge on any atom is 0.310 e. The molecule has 0 saturated heterocycles. The second-order valence-corrected chi connectivity index (χ2v) is 9.22. The van der Waals surface area contributed by atoms with E-state index in [0.29, 0.717) is 0 Å². The van der Waals surface area contributed by atoms with Crippen molar-refractivity contribution in [2.45, 2.75) is 38.1 Å². The summed E-state index contributed by atoms with van der Waals surface area (Å²) in [5.74, 6) is -0.839. The minimum Gasteiger partial charge on any atom is -0.481 e. The molecule has 1 aliphatic rings. The minimum absolute atomic E-state index is 0.122. The van der Waals surface area contributed by atoms with Gasteiger partial charge in [-0.1, -0.05) is 67.6 Å². The molecule has 4 rings (SSSR count). The first kappa shape index (κ1) is 23.5. The maximum atomic E-state index is 11.4. The number of rotatable bonds is 8. The molecule has 0 spiro atoms. The molecule has 0 bridgehead atoms. The van der Waals surface area contributed by atoms with Gasteiger partial charge in [-0.25, -0.2) is 0 Å². The van der Waals surface area contributed by atoms with Crippen LogP contribution in [-0.4, -0.2) is 24.2 Å². The normalized spacial score (nSPS) is 17.5. The van der Waals surface area contributed by atoms with Crippen LogP contribution in [0.15, 0.2) is 72.8 Å². The smallest absolute Gasteiger partial charge is 0.310 e. The van der Waals surface area contributed by atoms with Crippen molar-refractivity contribution in [3.05, 3.63) is 101 Å². The first-order valence-electron chi connectivity index (χ1n) is 11.8. The Morgan fingerprint density at radius 1 is 1.06 bits per heavy atom. The number of hydrogen-bond acceptors (Lipinski definition) is 4. The summed E-state index contributed by atoms with van der Waals surface area (Å²) < 4.78 is 0. The molecule has 3 aromatic rings. The van der Waals surface area contributed by atoms with Gasteiger partial charge in [0.15, 0.2) is 0 Å². The summed E-state index contributed by atoms with van der Waals surface area (Å²) in [5, 5.41) is 26.3. The number of aliphatic carboxylic acids is 1. The standard InChI is InChI=1S/C29H31N3O2/c1-19(22-10-6-11-23(14-22)20(2)29(33)34)17-32-28(21-8-4-3-5-9-21)25-15-26-24(16-30)12-7-13-27(26)31-18-25/h3-14,19-20,25,28,31-32H,15,17-18H2,1-2H3,(H,33,34)/t19-,20-,25+,28-/m1/s1. The van der Waals surface area contributed by atoms with E-state index in [1.807, 2.05) is 42.5 Å². The van der Waals surface area contributed by atoms with Crippen molar-refractivity contribution < 1.29 is 9.90 Å². The zero-order chi connectivity index (χ0) is 24.1. The Morgan fingerprint density at radius 2 is 1.76 bits per heavy atom. The van der Waals surface area contributed by atoms with Crippen LogP contribution in [0.5, 0.6) is 0 Å². The van der Waals surface area contributed by atoms with Crippen molar-refractivity contribution in [2.24, 2.45) is 5.92 Å². The molecule has 3 N–H and O–H groups in total. The molecule has 0 aromatic heterocycles. The Kier molecular flexibility index (Phi) is 7.30. The van der Waals surface area contributed by atoms with Gasteiger partial charge in [0.05, 0.1) is 17.6 Å². The molecule has 0 unspecified atom stereocenters. The van der Waals surface area contributed by atoms with E-state index in [2.05, 4.69) is 54.0 Å². The lowest BCUT2D eigenvalue weighted by Gasteiger charge is -2.34.